The zero-order valence-corrected chi connectivity index (χ0v) is 13.9. The monoisotopic (exact) mass is 361 g/mol. The fourth-order valence-corrected chi connectivity index (χ4v) is 2.19. The first-order valence-corrected chi connectivity index (χ1v) is 7.59. The number of benzene rings is 2. The van der Waals surface area contributed by atoms with Crippen molar-refractivity contribution in [2.24, 2.45) is 0 Å². The summed E-state index contributed by atoms with van der Waals surface area (Å²) in [6, 6.07) is 14.1. The minimum absolute atomic E-state index is 0.0106. The largest absolute Gasteiger partial charge is 0.480 e. The zero-order valence-electron chi connectivity index (χ0n) is 12.3. The third-order valence-electron chi connectivity index (χ3n) is 3.07. The van der Waals surface area contributed by atoms with Crippen molar-refractivity contribution < 1.29 is 14.3 Å². The number of Topliss-reactive ketones (excluding diaryl/α,β-unsaturated/α-hetero) is 1. The zero-order chi connectivity index (χ0) is 16.1. The van der Waals surface area contributed by atoms with Crippen LogP contribution in [0.2, 0.25) is 0 Å². The maximum atomic E-state index is 12.1. The Kier molecular flexibility index (Phi) is 5.33. The molecule has 2 rings (SSSR count). The molecule has 1 amide bonds. The van der Waals surface area contributed by atoms with Gasteiger partial charge in [0.05, 0.1) is 4.47 Å². The summed E-state index contributed by atoms with van der Waals surface area (Å²) in [6.07, 6.45) is -0.647. The number of carbonyl (C=O) groups excluding carboxylic acids is 2. The van der Waals surface area contributed by atoms with Crippen LogP contribution >= 0.6 is 15.9 Å². The Morgan fingerprint density at radius 2 is 1.73 bits per heavy atom. The number of nitrogens with one attached hydrogen (secondary N) is 1. The highest BCUT2D eigenvalue weighted by Crippen LogP contribution is 2.25. The lowest BCUT2D eigenvalue weighted by atomic mass is 10.1. The number of hydrogen-bond acceptors (Lipinski definition) is 3. The summed E-state index contributed by atoms with van der Waals surface area (Å²) < 4.78 is 6.42. The van der Waals surface area contributed by atoms with E-state index >= 15 is 0 Å². The number of para-hydroxylation sites is 1. The first-order valence-electron chi connectivity index (χ1n) is 6.80. The second-order valence-electron chi connectivity index (χ2n) is 4.81. The average Bonchev–Trinajstić information content (AvgIpc) is 2.50. The molecule has 1 unspecified atom stereocenters. The van der Waals surface area contributed by atoms with Gasteiger partial charge in [-0.15, -0.1) is 0 Å². The molecule has 114 valence electrons. The Bertz CT molecular complexity index is 683. The number of anilines is 1. The molecule has 0 bridgehead atoms. The number of ether oxygens (including phenoxy) is 1. The summed E-state index contributed by atoms with van der Waals surface area (Å²) in [5, 5.41) is 2.76. The van der Waals surface area contributed by atoms with E-state index in [0.29, 0.717) is 17.0 Å². The van der Waals surface area contributed by atoms with Gasteiger partial charge in [0.15, 0.2) is 11.9 Å². The van der Waals surface area contributed by atoms with E-state index < -0.39 is 6.10 Å². The van der Waals surface area contributed by atoms with Gasteiger partial charge < -0.3 is 10.1 Å². The van der Waals surface area contributed by atoms with Gasteiger partial charge in [0, 0.05) is 11.3 Å². The molecule has 0 spiro atoms. The Morgan fingerprint density at radius 1 is 1.09 bits per heavy atom. The highest BCUT2D eigenvalue weighted by atomic mass is 79.9. The summed E-state index contributed by atoms with van der Waals surface area (Å²) in [6.45, 7) is 3.18. The SMILES string of the molecule is CC(=O)c1ccc(NC(=O)C(C)Oc2ccccc2Br)cc1. The van der Waals surface area contributed by atoms with Crippen LogP contribution in [0.15, 0.2) is 53.0 Å². The maximum Gasteiger partial charge on any atom is 0.265 e. The molecular formula is C17H16BrNO3. The molecule has 5 heteroatoms. The van der Waals surface area contributed by atoms with Gasteiger partial charge in [0.25, 0.3) is 5.91 Å². The summed E-state index contributed by atoms with van der Waals surface area (Å²) in [7, 11) is 0. The molecule has 1 atom stereocenters. The van der Waals surface area contributed by atoms with Crippen LogP contribution in [0.5, 0.6) is 5.75 Å². The van der Waals surface area contributed by atoms with Crippen LogP contribution in [0.1, 0.15) is 24.2 Å². The van der Waals surface area contributed by atoms with Gasteiger partial charge >= 0.3 is 0 Å². The summed E-state index contributed by atoms with van der Waals surface area (Å²) in [5.74, 6) is 0.340. The highest BCUT2D eigenvalue weighted by molar-refractivity contribution is 9.10. The van der Waals surface area contributed by atoms with Gasteiger partial charge in [-0.1, -0.05) is 12.1 Å². The summed E-state index contributed by atoms with van der Waals surface area (Å²) >= 11 is 3.37. The standard InChI is InChI=1S/C17H16BrNO3/c1-11(20)13-7-9-14(10-8-13)19-17(21)12(2)22-16-6-4-3-5-15(16)18/h3-10,12H,1-2H3,(H,19,21). The van der Waals surface area contributed by atoms with Crippen LogP contribution in [0, 0.1) is 0 Å². The Labute approximate surface area is 137 Å². The van der Waals surface area contributed by atoms with Gasteiger partial charge in [-0.05, 0) is 66.2 Å². The predicted octanol–water partition coefficient (Wildman–Crippen LogP) is 4.06. The van der Waals surface area contributed by atoms with Crippen LogP contribution in [0.4, 0.5) is 5.69 Å². The second-order valence-corrected chi connectivity index (χ2v) is 5.67. The number of ketones is 1. The molecule has 22 heavy (non-hydrogen) atoms. The van der Waals surface area contributed by atoms with Gasteiger partial charge in [-0.25, -0.2) is 0 Å². The fraction of sp³-hybridized carbons (Fsp3) is 0.176. The lowest BCUT2D eigenvalue weighted by Crippen LogP contribution is -2.30. The minimum atomic E-state index is -0.647. The molecule has 2 aromatic carbocycles. The van der Waals surface area contributed by atoms with E-state index in [4.69, 9.17) is 4.74 Å². The molecule has 0 saturated carbocycles. The van der Waals surface area contributed by atoms with Gasteiger partial charge in [-0.3, -0.25) is 9.59 Å². The van der Waals surface area contributed by atoms with Crippen molar-refractivity contribution in [1.82, 2.24) is 0 Å². The van der Waals surface area contributed by atoms with E-state index in [0.717, 1.165) is 4.47 Å². The normalized spacial score (nSPS) is 11.6. The van der Waals surface area contributed by atoms with Crippen LogP contribution in [-0.2, 0) is 4.79 Å². The van der Waals surface area contributed by atoms with Crippen molar-refractivity contribution in [3.8, 4) is 5.75 Å². The number of halogens is 1. The fourth-order valence-electron chi connectivity index (χ4n) is 1.82. The van der Waals surface area contributed by atoms with Crippen molar-refractivity contribution in [2.45, 2.75) is 20.0 Å². The molecule has 0 aliphatic rings. The topological polar surface area (TPSA) is 55.4 Å². The molecular weight excluding hydrogens is 346 g/mol. The van der Waals surface area contributed by atoms with Crippen molar-refractivity contribution in [3.05, 3.63) is 58.6 Å². The van der Waals surface area contributed by atoms with E-state index in [1.807, 2.05) is 18.2 Å². The number of rotatable bonds is 5. The van der Waals surface area contributed by atoms with Crippen molar-refractivity contribution in [3.63, 3.8) is 0 Å². The van der Waals surface area contributed by atoms with E-state index in [1.165, 1.54) is 6.92 Å². The molecule has 0 radical (unpaired) electrons. The van der Waals surface area contributed by atoms with E-state index in [-0.39, 0.29) is 11.7 Å². The van der Waals surface area contributed by atoms with Crippen molar-refractivity contribution in [2.75, 3.05) is 5.32 Å². The lowest BCUT2D eigenvalue weighted by Gasteiger charge is -2.15. The Balaban J connectivity index is 1.99. The van der Waals surface area contributed by atoms with Crippen LogP contribution in [0.3, 0.4) is 0 Å². The quantitative estimate of drug-likeness (QED) is 0.817. The molecule has 0 fully saturated rings. The number of carbonyl (C=O) groups is 2. The third kappa shape index (κ3) is 4.18. The predicted molar refractivity (Wildman–Crippen MR) is 89.3 cm³/mol. The minimum Gasteiger partial charge on any atom is -0.480 e. The molecule has 0 aliphatic carbocycles. The molecule has 4 nitrogen and oxygen atoms in total. The van der Waals surface area contributed by atoms with Crippen LogP contribution in [0.25, 0.3) is 0 Å². The second kappa shape index (κ2) is 7.22. The molecule has 0 saturated heterocycles. The van der Waals surface area contributed by atoms with Gasteiger partial charge in [0.1, 0.15) is 5.75 Å². The molecule has 2 aromatic rings. The van der Waals surface area contributed by atoms with Crippen LogP contribution in [-0.4, -0.2) is 17.8 Å². The molecule has 0 aliphatic heterocycles. The lowest BCUT2D eigenvalue weighted by molar-refractivity contribution is -0.122. The Morgan fingerprint density at radius 3 is 2.32 bits per heavy atom. The van der Waals surface area contributed by atoms with Gasteiger partial charge in [-0.2, -0.15) is 0 Å². The number of hydrogen-bond donors (Lipinski definition) is 1. The smallest absolute Gasteiger partial charge is 0.265 e. The van der Waals surface area contributed by atoms with Gasteiger partial charge in [0.2, 0.25) is 0 Å². The summed E-state index contributed by atoms with van der Waals surface area (Å²) in [5.41, 5.74) is 1.23. The first kappa shape index (κ1) is 16.2. The number of amides is 1. The first-order chi connectivity index (χ1) is 10.5. The average molecular weight is 362 g/mol. The van der Waals surface area contributed by atoms with Crippen molar-refractivity contribution in [1.29, 1.82) is 0 Å². The molecule has 0 heterocycles. The maximum absolute atomic E-state index is 12.1. The van der Waals surface area contributed by atoms with E-state index in [2.05, 4.69) is 21.2 Å². The summed E-state index contributed by atoms with van der Waals surface area (Å²) in [4.78, 5) is 23.3. The van der Waals surface area contributed by atoms with Crippen LogP contribution < -0.4 is 10.1 Å². The van der Waals surface area contributed by atoms with Crippen molar-refractivity contribution >= 4 is 33.3 Å². The third-order valence-corrected chi connectivity index (χ3v) is 3.72. The molecule has 1 N–H and O–H groups in total. The van der Waals surface area contributed by atoms with E-state index in [9.17, 15) is 9.59 Å². The highest BCUT2D eigenvalue weighted by Gasteiger charge is 2.16. The van der Waals surface area contributed by atoms with E-state index in [1.54, 1.807) is 37.3 Å². The molecule has 0 aromatic heterocycles. The Hall–Kier alpha value is -2.14.